The summed E-state index contributed by atoms with van der Waals surface area (Å²) in [6.45, 7) is 12.5. The molecule has 1 aliphatic carbocycles. The van der Waals surface area contributed by atoms with Crippen molar-refractivity contribution >= 4 is 37.3 Å². The molecule has 2 heterocycles. The predicted molar refractivity (Wildman–Crippen MR) is 235 cm³/mol. The maximum Gasteiger partial charge on any atom is 0.264 e. The van der Waals surface area contributed by atoms with Crippen molar-refractivity contribution in [3.05, 3.63) is 124 Å². The first-order valence-corrected chi connectivity index (χ1v) is 24.1. The topological polar surface area (TPSA) is 124 Å². The van der Waals surface area contributed by atoms with Crippen LogP contribution in [0.3, 0.4) is 0 Å². The molecule has 0 atom stereocenters. The second-order valence-corrected chi connectivity index (χ2v) is 20.2. The van der Waals surface area contributed by atoms with Gasteiger partial charge in [-0.25, -0.2) is 0 Å². The van der Waals surface area contributed by atoms with Crippen LogP contribution in [0, 0.1) is 0 Å². The van der Waals surface area contributed by atoms with Crippen molar-refractivity contribution in [2.75, 3.05) is 29.5 Å². The van der Waals surface area contributed by atoms with Gasteiger partial charge < -0.3 is 9.64 Å². The Balaban J connectivity index is 1.36. The van der Waals surface area contributed by atoms with Crippen LogP contribution in [-0.4, -0.2) is 60.8 Å². The minimum atomic E-state index is -4.02. The summed E-state index contributed by atoms with van der Waals surface area (Å²) < 4.78 is 74.0. The number of anilines is 1. The second kappa shape index (κ2) is 18.1. The average molecular weight is 830 g/mol. The van der Waals surface area contributed by atoms with Crippen LogP contribution in [0.1, 0.15) is 116 Å². The number of fused-ring (bicyclic) bond motifs is 2. The Hall–Kier alpha value is -4.03. The molecular weight excluding hydrogens is 769 g/mol. The Bertz CT molecular complexity index is 2320. The fraction of sp³-hybridized carbons (Fsp3) is 0.468. The third-order valence-corrected chi connectivity index (χ3v) is 13.7. The summed E-state index contributed by atoms with van der Waals surface area (Å²) in [5.74, 6) is 1.24. The molecule has 9 nitrogen and oxygen atoms in total. The molecule has 2 N–H and O–H groups in total. The van der Waals surface area contributed by atoms with Crippen LogP contribution in [0.25, 0.3) is 0 Å². The number of allylic oxidation sites excluding steroid dienone is 5. The standard InChI is InChI=1S/C47H60N2O7S2/c1-6-16-35-23-27-38(28-24-35)56-45-36(25-29-43-46(2,3)39-19-7-9-21-41(39)48(43)31-11-13-33-57(50,51)52)17-15-18-37(45)26-30-44-47(4,5)40-20-8-10-22-42(40)49(44)32-12-14-34-58(53,54)55/h7-10,19-25,27-29H,6,11-18,26,30-34H2,1-5H3,(H-,50,51,52,53,54,55)/p+1/b36-25+,43-29+. The van der Waals surface area contributed by atoms with Gasteiger partial charge in [-0.2, -0.15) is 21.4 Å². The largest absolute Gasteiger partial charge is 0.457 e. The number of aryl methyl sites for hydroxylation is 1. The molecule has 2 aliphatic heterocycles. The van der Waals surface area contributed by atoms with E-state index in [1.54, 1.807) is 0 Å². The fourth-order valence-electron chi connectivity index (χ4n) is 9.13. The zero-order valence-electron chi connectivity index (χ0n) is 34.8. The summed E-state index contributed by atoms with van der Waals surface area (Å²) in [4.78, 5) is 2.30. The summed E-state index contributed by atoms with van der Waals surface area (Å²) >= 11 is 0. The SMILES string of the molecule is CCCc1ccc(OC2=C(CCC3=[N+](CCCCS(=O)(=O)O)c4ccccc4C3(C)C)CCC/C2=C\C=C2\N(CCCCS(=O)(=O)O)c3ccccc3C2(C)C)cc1. The maximum atomic E-state index is 11.5. The van der Waals surface area contributed by atoms with Gasteiger partial charge in [0.05, 0.1) is 16.9 Å². The van der Waals surface area contributed by atoms with Crippen LogP contribution >= 0.6 is 0 Å². The number of rotatable bonds is 18. The highest BCUT2D eigenvalue weighted by Crippen LogP contribution is 2.48. The third kappa shape index (κ3) is 10.2. The van der Waals surface area contributed by atoms with Crippen molar-refractivity contribution in [2.24, 2.45) is 0 Å². The molecule has 0 saturated heterocycles. The van der Waals surface area contributed by atoms with Gasteiger partial charge in [-0.05, 0) is 112 Å². The van der Waals surface area contributed by atoms with E-state index in [0.717, 1.165) is 79.1 Å². The first kappa shape index (κ1) is 43.5. The number of unbranched alkanes of at least 4 members (excludes halogenated alkanes) is 2. The van der Waals surface area contributed by atoms with Crippen LogP contribution in [0.4, 0.5) is 11.4 Å². The molecule has 3 aliphatic rings. The lowest BCUT2D eigenvalue weighted by Crippen LogP contribution is -2.30. The lowest BCUT2D eigenvalue weighted by Gasteiger charge is -2.28. The van der Waals surface area contributed by atoms with Gasteiger partial charge in [-0.3, -0.25) is 9.11 Å². The lowest BCUT2D eigenvalue weighted by atomic mass is 9.79. The molecule has 0 bridgehead atoms. The summed E-state index contributed by atoms with van der Waals surface area (Å²) in [7, 11) is -8.04. The minimum Gasteiger partial charge on any atom is -0.457 e. The summed E-state index contributed by atoms with van der Waals surface area (Å²) in [6, 6.07) is 25.3. The molecule has 3 aromatic rings. The van der Waals surface area contributed by atoms with Gasteiger partial charge in [-0.1, -0.05) is 81.8 Å². The van der Waals surface area contributed by atoms with Crippen molar-refractivity contribution in [3.63, 3.8) is 0 Å². The van der Waals surface area contributed by atoms with E-state index in [2.05, 4.69) is 123 Å². The van der Waals surface area contributed by atoms with Crippen LogP contribution in [0.2, 0.25) is 0 Å². The predicted octanol–water partition coefficient (Wildman–Crippen LogP) is 10.3. The van der Waals surface area contributed by atoms with E-state index in [-0.39, 0.29) is 22.3 Å². The van der Waals surface area contributed by atoms with E-state index in [9.17, 15) is 25.9 Å². The van der Waals surface area contributed by atoms with E-state index in [1.807, 2.05) is 6.07 Å². The van der Waals surface area contributed by atoms with Crippen LogP contribution in [-0.2, 0) is 37.5 Å². The smallest absolute Gasteiger partial charge is 0.264 e. The Kier molecular flexibility index (Phi) is 13.6. The Morgan fingerprint density at radius 3 is 2.09 bits per heavy atom. The maximum absolute atomic E-state index is 11.5. The van der Waals surface area contributed by atoms with Gasteiger partial charge in [0.1, 0.15) is 18.1 Å². The summed E-state index contributed by atoms with van der Waals surface area (Å²) in [6.07, 6.45) is 13.0. The molecule has 0 spiro atoms. The van der Waals surface area contributed by atoms with E-state index >= 15 is 0 Å². The summed E-state index contributed by atoms with van der Waals surface area (Å²) in [5.41, 5.74) is 10.4. The number of ether oxygens (including phenoxy) is 1. The van der Waals surface area contributed by atoms with E-state index in [4.69, 9.17) is 4.74 Å². The molecule has 0 radical (unpaired) electrons. The van der Waals surface area contributed by atoms with Crippen LogP contribution in [0.5, 0.6) is 5.75 Å². The monoisotopic (exact) mass is 829 g/mol. The molecular formula is C47H61N2O7S2+. The Morgan fingerprint density at radius 2 is 1.40 bits per heavy atom. The zero-order chi connectivity index (χ0) is 41.7. The number of nitrogens with zero attached hydrogens (tertiary/aromatic N) is 2. The molecule has 3 aromatic carbocycles. The highest BCUT2D eigenvalue weighted by molar-refractivity contribution is 7.86. The fourth-order valence-corrected chi connectivity index (χ4v) is 10.3. The number of benzene rings is 3. The van der Waals surface area contributed by atoms with Gasteiger partial charge in [0.25, 0.3) is 20.2 Å². The normalized spacial score (nSPS) is 19.0. The first-order chi connectivity index (χ1) is 27.5. The molecule has 0 unspecified atom stereocenters. The van der Waals surface area contributed by atoms with Crippen molar-refractivity contribution in [1.82, 2.24) is 0 Å². The number of para-hydroxylation sites is 2. The van der Waals surface area contributed by atoms with Gasteiger partial charge in [-0.15, -0.1) is 0 Å². The van der Waals surface area contributed by atoms with Crippen molar-refractivity contribution in [3.8, 4) is 5.75 Å². The van der Waals surface area contributed by atoms with Gasteiger partial charge in [0, 0.05) is 47.8 Å². The van der Waals surface area contributed by atoms with Crippen molar-refractivity contribution in [2.45, 2.75) is 116 Å². The molecule has 6 rings (SSSR count). The highest BCUT2D eigenvalue weighted by Gasteiger charge is 2.45. The van der Waals surface area contributed by atoms with E-state index < -0.39 is 20.2 Å². The molecule has 0 aromatic heterocycles. The van der Waals surface area contributed by atoms with Crippen molar-refractivity contribution < 1.29 is 35.3 Å². The number of hydrogen-bond acceptors (Lipinski definition) is 6. The van der Waals surface area contributed by atoms with Crippen LogP contribution in [0.15, 0.2) is 108 Å². The highest BCUT2D eigenvalue weighted by atomic mass is 32.2. The molecule has 0 fully saturated rings. The van der Waals surface area contributed by atoms with Gasteiger partial charge in [0.15, 0.2) is 5.71 Å². The average Bonchev–Trinajstić information content (AvgIpc) is 3.52. The lowest BCUT2D eigenvalue weighted by molar-refractivity contribution is -0.440. The third-order valence-electron chi connectivity index (χ3n) is 12.1. The van der Waals surface area contributed by atoms with Gasteiger partial charge >= 0.3 is 0 Å². The quantitative estimate of drug-likeness (QED) is 0.0738. The molecule has 0 saturated carbocycles. The number of hydrogen-bond donors (Lipinski definition) is 2. The zero-order valence-corrected chi connectivity index (χ0v) is 36.5. The van der Waals surface area contributed by atoms with E-state index in [1.165, 1.54) is 28.0 Å². The van der Waals surface area contributed by atoms with E-state index in [0.29, 0.717) is 38.8 Å². The first-order valence-electron chi connectivity index (χ1n) is 20.9. The second-order valence-electron chi connectivity index (χ2n) is 17.0. The van der Waals surface area contributed by atoms with Gasteiger partial charge in [0.2, 0.25) is 5.69 Å². The van der Waals surface area contributed by atoms with Crippen molar-refractivity contribution in [1.29, 1.82) is 0 Å². The molecule has 0 amide bonds. The van der Waals surface area contributed by atoms with Crippen LogP contribution < -0.4 is 9.64 Å². The Morgan fingerprint density at radius 1 is 0.741 bits per heavy atom. The molecule has 58 heavy (non-hydrogen) atoms. The molecule has 11 heteroatoms. The molecule has 312 valence electrons. The minimum absolute atomic E-state index is 0.220. The summed E-state index contributed by atoms with van der Waals surface area (Å²) in [5, 5.41) is 0. The Labute approximate surface area is 346 Å².